The molecule has 4 atom stereocenters. The molecule has 5 heteroatoms. The Hall–Kier alpha value is -1.49. The fourth-order valence-electron chi connectivity index (χ4n) is 4.10. The zero-order chi connectivity index (χ0) is 14.6. The summed E-state index contributed by atoms with van der Waals surface area (Å²) in [7, 11) is 0. The highest BCUT2D eigenvalue weighted by Gasteiger charge is 2.43. The lowest BCUT2D eigenvalue weighted by Crippen LogP contribution is -2.26. The van der Waals surface area contributed by atoms with E-state index in [9.17, 15) is 9.90 Å². The van der Waals surface area contributed by atoms with Crippen LogP contribution in [0, 0.1) is 12.8 Å². The number of hydrogen-bond donors (Lipinski definition) is 1. The molecule has 0 amide bonds. The maximum Gasteiger partial charge on any atom is 0.306 e. The first-order valence-electron chi connectivity index (χ1n) is 7.86. The van der Waals surface area contributed by atoms with E-state index in [1.54, 1.807) is 0 Å². The molecule has 2 bridgehead atoms. The Morgan fingerprint density at radius 2 is 2.14 bits per heavy atom. The second-order valence-corrected chi connectivity index (χ2v) is 6.59. The van der Waals surface area contributed by atoms with Gasteiger partial charge < -0.3 is 9.84 Å². The van der Waals surface area contributed by atoms with Gasteiger partial charge in [0.1, 0.15) is 5.82 Å². The minimum Gasteiger partial charge on any atom is -0.481 e. The molecular weight excluding hydrogens is 268 g/mol. The topological polar surface area (TPSA) is 72.3 Å². The van der Waals surface area contributed by atoms with Gasteiger partial charge in [-0.25, -0.2) is 9.97 Å². The predicted octanol–water partition coefficient (Wildman–Crippen LogP) is 2.01. The first kappa shape index (κ1) is 13.2. The maximum atomic E-state index is 11.2. The summed E-state index contributed by atoms with van der Waals surface area (Å²) in [4.78, 5) is 20.7. The quantitative estimate of drug-likeness (QED) is 0.901. The third-order valence-corrected chi connectivity index (χ3v) is 5.28. The third kappa shape index (κ3) is 2.14. The molecule has 5 nitrogen and oxygen atoms in total. The second kappa shape index (κ2) is 4.77. The Morgan fingerprint density at radius 3 is 2.81 bits per heavy atom. The van der Waals surface area contributed by atoms with Crippen molar-refractivity contribution in [2.45, 2.75) is 63.6 Å². The van der Waals surface area contributed by atoms with Crippen molar-refractivity contribution in [1.82, 2.24) is 9.97 Å². The largest absolute Gasteiger partial charge is 0.481 e. The fourth-order valence-corrected chi connectivity index (χ4v) is 4.10. The van der Waals surface area contributed by atoms with Gasteiger partial charge in [0.15, 0.2) is 0 Å². The number of nitrogens with zero attached hydrogens (tertiary/aromatic N) is 2. The number of hydrogen-bond acceptors (Lipinski definition) is 4. The highest BCUT2D eigenvalue weighted by Crippen LogP contribution is 2.43. The molecule has 2 fully saturated rings. The molecule has 1 aromatic rings. The van der Waals surface area contributed by atoms with E-state index in [0.29, 0.717) is 31.0 Å². The van der Waals surface area contributed by atoms with Gasteiger partial charge in [-0.05, 0) is 51.0 Å². The fraction of sp³-hybridized carbons (Fsp3) is 0.688. The van der Waals surface area contributed by atoms with E-state index in [0.717, 1.165) is 42.0 Å². The van der Waals surface area contributed by atoms with Gasteiger partial charge in [-0.3, -0.25) is 4.79 Å². The van der Waals surface area contributed by atoms with Crippen molar-refractivity contribution in [2.24, 2.45) is 5.92 Å². The van der Waals surface area contributed by atoms with Gasteiger partial charge >= 0.3 is 5.97 Å². The van der Waals surface area contributed by atoms with Gasteiger partial charge in [0.25, 0.3) is 0 Å². The van der Waals surface area contributed by atoms with Crippen LogP contribution in [0.3, 0.4) is 0 Å². The summed E-state index contributed by atoms with van der Waals surface area (Å²) < 4.78 is 5.91. The Balaban J connectivity index is 1.64. The molecule has 1 aromatic heterocycles. The van der Waals surface area contributed by atoms with Crippen LogP contribution in [-0.2, 0) is 22.4 Å². The standard InChI is InChI=1S/C16H20N2O3/c1-8-11-6-9(16(19)20)2-4-13(11)18-15(17-8)12-7-10-3-5-14(12)21-10/h9-10,12,14H,2-7H2,1H3,(H,19,20). The number of aromatic nitrogens is 2. The lowest BCUT2D eigenvalue weighted by molar-refractivity contribution is -0.142. The van der Waals surface area contributed by atoms with Crippen molar-refractivity contribution in [3.63, 3.8) is 0 Å². The first-order chi connectivity index (χ1) is 10.1. The Kier molecular flexibility index (Phi) is 2.99. The van der Waals surface area contributed by atoms with Crippen LogP contribution in [0.5, 0.6) is 0 Å². The normalized spacial score (nSPS) is 34.0. The number of rotatable bonds is 2. The summed E-state index contributed by atoms with van der Waals surface area (Å²) >= 11 is 0. The predicted molar refractivity (Wildman–Crippen MR) is 75.2 cm³/mol. The van der Waals surface area contributed by atoms with E-state index < -0.39 is 5.97 Å². The molecule has 1 N–H and O–H groups in total. The van der Waals surface area contributed by atoms with Crippen molar-refractivity contribution >= 4 is 5.97 Å². The summed E-state index contributed by atoms with van der Waals surface area (Å²) in [6.07, 6.45) is 6.04. The van der Waals surface area contributed by atoms with E-state index in [4.69, 9.17) is 14.7 Å². The van der Waals surface area contributed by atoms with Crippen LogP contribution in [0.1, 0.15) is 54.4 Å². The van der Waals surface area contributed by atoms with E-state index in [1.165, 1.54) is 6.42 Å². The number of carboxylic acids is 1. The highest BCUT2D eigenvalue weighted by atomic mass is 16.5. The van der Waals surface area contributed by atoms with Gasteiger partial charge in [0.2, 0.25) is 0 Å². The summed E-state index contributed by atoms with van der Waals surface area (Å²) in [6.45, 7) is 1.99. The lowest BCUT2D eigenvalue weighted by Gasteiger charge is -2.25. The van der Waals surface area contributed by atoms with Crippen LogP contribution in [0.2, 0.25) is 0 Å². The van der Waals surface area contributed by atoms with Gasteiger partial charge in [-0.1, -0.05) is 0 Å². The monoisotopic (exact) mass is 288 g/mol. The molecule has 2 aliphatic heterocycles. The number of fused-ring (bicyclic) bond motifs is 3. The molecule has 3 heterocycles. The third-order valence-electron chi connectivity index (χ3n) is 5.28. The highest BCUT2D eigenvalue weighted by molar-refractivity contribution is 5.71. The number of ether oxygens (including phenoxy) is 1. The molecular formula is C16H20N2O3. The van der Waals surface area contributed by atoms with Crippen LogP contribution < -0.4 is 0 Å². The van der Waals surface area contributed by atoms with Crippen molar-refractivity contribution in [2.75, 3.05) is 0 Å². The van der Waals surface area contributed by atoms with Crippen molar-refractivity contribution < 1.29 is 14.6 Å². The van der Waals surface area contributed by atoms with Crippen LogP contribution in [-0.4, -0.2) is 33.3 Å². The summed E-state index contributed by atoms with van der Waals surface area (Å²) in [5, 5.41) is 9.20. The molecule has 2 saturated heterocycles. The Bertz CT molecular complexity index is 601. The van der Waals surface area contributed by atoms with Gasteiger partial charge in [0.05, 0.1) is 18.1 Å². The Morgan fingerprint density at radius 1 is 1.29 bits per heavy atom. The molecule has 0 radical (unpaired) electrons. The Labute approximate surface area is 123 Å². The molecule has 4 rings (SSSR count). The zero-order valence-electron chi connectivity index (χ0n) is 12.2. The van der Waals surface area contributed by atoms with Crippen LogP contribution >= 0.6 is 0 Å². The van der Waals surface area contributed by atoms with Crippen LogP contribution in [0.25, 0.3) is 0 Å². The number of carboxylic acid groups (broad SMARTS) is 1. The number of aliphatic carboxylic acids is 1. The van der Waals surface area contributed by atoms with Crippen molar-refractivity contribution in [1.29, 1.82) is 0 Å². The summed E-state index contributed by atoms with van der Waals surface area (Å²) in [6, 6.07) is 0. The summed E-state index contributed by atoms with van der Waals surface area (Å²) in [5.74, 6) is 0.277. The molecule has 112 valence electrons. The minimum absolute atomic E-state index is 0.281. The van der Waals surface area contributed by atoms with Gasteiger partial charge in [0, 0.05) is 17.3 Å². The lowest BCUT2D eigenvalue weighted by atomic mass is 9.84. The molecule has 0 aromatic carbocycles. The number of aryl methyl sites for hydroxylation is 2. The van der Waals surface area contributed by atoms with Crippen LogP contribution in [0.4, 0.5) is 0 Å². The molecule has 21 heavy (non-hydrogen) atoms. The SMILES string of the molecule is Cc1nc(C2CC3CCC2O3)nc2c1CC(C(=O)O)CC2. The average molecular weight is 288 g/mol. The molecule has 4 unspecified atom stereocenters. The van der Waals surface area contributed by atoms with Crippen molar-refractivity contribution in [3.8, 4) is 0 Å². The maximum absolute atomic E-state index is 11.2. The van der Waals surface area contributed by atoms with Gasteiger partial charge in [-0.15, -0.1) is 0 Å². The minimum atomic E-state index is -0.703. The van der Waals surface area contributed by atoms with Crippen LogP contribution in [0.15, 0.2) is 0 Å². The van der Waals surface area contributed by atoms with Gasteiger partial charge in [-0.2, -0.15) is 0 Å². The van der Waals surface area contributed by atoms with Crippen molar-refractivity contribution in [3.05, 3.63) is 22.8 Å². The number of carbonyl (C=O) groups is 1. The molecule has 0 saturated carbocycles. The van der Waals surface area contributed by atoms with E-state index in [2.05, 4.69) is 0 Å². The summed E-state index contributed by atoms with van der Waals surface area (Å²) in [5.41, 5.74) is 3.09. The first-order valence-corrected chi connectivity index (χ1v) is 7.86. The second-order valence-electron chi connectivity index (χ2n) is 6.59. The smallest absolute Gasteiger partial charge is 0.306 e. The van der Waals surface area contributed by atoms with E-state index in [1.807, 2.05) is 6.92 Å². The average Bonchev–Trinajstić information content (AvgIpc) is 3.09. The zero-order valence-corrected chi connectivity index (χ0v) is 12.2. The molecule has 1 aliphatic carbocycles. The molecule has 3 aliphatic rings. The molecule has 0 spiro atoms. The van der Waals surface area contributed by atoms with E-state index >= 15 is 0 Å². The van der Waals surface area contributed by atoms with E-state index in [-0.39, 0.29) is 5.92 Å².